The average Bonchev–Trinajstić information content (AvgIpc) is 2.74. The standard InChI is InChI=1S/C15H17NO4/c1-8-5-10(3)12(6-9(8)2)19-7-13-16-11(4)14(20-13)15(17)18/h5-6H,7H2,1-4H3,(H,17,18). The van der Waals surface area contributed by atoms with E-state index >= 15 is 0 Å². The second-order valence-electron chi connectivity index (χ2n) is 4.82. The number of aryl methyl sites for hydroxylation is 4. The molecule has 0 fully saturated rings. The summed E-state index contributed by atoms with van der Waals surface area (Å²) >= 11 is 0. The number of aromatic carboxylic acids is 1. The zero-order chi connectivity index (χ0) is 14.9. The predicted octanol–water partition coefficient (Wildman–Crippen LogP) is 3.19. The summed E-state index contributed by atoms with van der Waals surface area (Å²) in [5, 5.41) is 8.90. The Labute approximate surface area is 117 Å². The van der Waals surface area contributed by atoms with Gasteiger partial charge in [-0.25, -0.2) is 9.78 Å². The van der Waals surface area contributed by atoms with Crippen molar-refractivity contribution in [3.63, 3.8) is 0 Å². The van der Waals surface area contributed by atoms with Crippen molar-refractivity contribution in [2.24, 2.45) is 0 Å². The molecule has 0 unspecified atom stereocenters. The third kappa shape index (κ3) is 2.82. The summed E-state index contributed by atoms with van der Waals surface area (Å²) in [7, 11) is 0. The van der Waals surface area contributed by atoms with Crippen LogP contribution in [0.2, 0.25) is 0 Å². The first-order valence-corrected chi connectivity index (χ1v) is 6.28. The van der Waals surface area contributed by atoms with E-state index in [-0.39, 0.29) is 18.3 Å². The molecule has 0 saturated heterocycles. The lowest BCUT2D eigenvalue weighted by Gasteiger charge is -2.10. The third-order valence-electron chi connectivity index (χ3n) is 3.18. The number of aromatic nitrogens is 1. The summed E-state index contributed by atoms with van der Waals surface area (Å²) in [4.78, 5) is 14.9. The van der Waals surface area contributed by atoms with Crippen molar-refractivity contribution < 1.29 is 19.1 Å². The maximum absolute atomic E-state index is 10.9. The van der Waals surface area contributed by atoms with E-state index in [1.165, 1.54) is 5.56 Å². The lowest BCUT2D eigenvalue weighted by atomic mass is 10.1. The number of rotatable bonds is 4. The number of hydrogen-bond donors (Lipinski definition) is 1. The fourth-order valence-electron chi connectivity index (χ4n) is 1.94. The second kappa shape index (κ2) is 5.36. The number of ether oxygens (including phenoxy) is 1. The lowest BCUT2D eigenvalue weighted by Crippen LogP contribution is -1.98. The van der Waals surface area contributed by atoms with Gasteiger partial charge in [-0.15, -0.1) is 0 Å². The molecule has 0 radical (unpaired) electrons. The smallest absolute Gasteiger partial charge is 0.373 e. The lowest BCUT2D eigenvalue weighted by molar-refractivity contribution is 0.0657. The number of carboxylic acids is 1. The molecule has 0 amide bonds. The summed E-state index contributed by atoms with van der Waals surface area (Å²) in [6.45, 7) is 7.72. The molecular weight excluding hydrogens is 258 g/mol. The Morgan fingerprint density at radius 1 is 1.20 bits per heavy atom. The maximum atomic E-state index is 10.9. The van der Waals surface area contributed by atoms with E-state index in [0.29, 0.717) is 5.69 Å². The third-order valence-corrected chi connectivity index (χ3v) is 3.18. The molecule has 1 N–H and O–H groups in total. The Balaban J connectivity index is 2.15. The first-order chi connectivity index (χ1) is 9.38. The highest BCUT2D eigenvalue weighted by atomic mass is 16.5. The summed E-state index contributed by atoms with van der Waals surface area (Å²) in [5.41, 5.74) is 3.72. The van der Waals surface area contributed by atoms with Crippen molar-refractivity contribution in [1.29, 1.82) is 0 Å². The summed E-state index contributed by atoms with van der Waals surface area (Å²) in [5.74, 6) is -0.248. The van der Waals surface area contributed by atoms with Gasteiger partial charge < -0.3 is 14.3 Å². The molecule has 2 rings (SSSR count). The highest BCUT2D eigenvalue weighted by molar-refractivity contribution is 5.85. The van der Waals surface area contributed by atoms with Crippen molar-refractivity contribution in [3.05, 3.63) is 46.2 Å². The van der Waals surface area contributed by atoms with Gasteiger partial charge in [0.15, 0.2) is 6.61 Å². The molecule has 20 heavy (non-hydrogen) atoms. The number of carboxylic acid groups (broad SMARTS) is 1. The SMILES string of the molecule is Cc1cc(C)c(OCc2nc(C)c(C(=O)O)o2)cc1C. The van der Waals surface area contributed by atoms with Gasteiger partial charge in [0.25, 0.3) is 0 Å². The van der Waals surface area contributed by atoms with E-state index in [4.69, 9.17) is 14.3 Å². The number of nitrogens with zero attached hydrogens (tertiary/aromatic N) is 1. The molecule has 2 aromatic rings. The van der Waals surface area contributed by atoms with Gasteiger partial charge in [0.05, 0.1) is 5.69 Å². The van der Waals surface area contributed by atoms with Crippen LogP contribution in [0.4, 0.5) is 0 Å². The van der Waals surface area contributed by atoms with Gasteiger partial charge in [-0.1, -0.05) is 6.07 Å². The highest BCUT2D eigenvalue weighted by Crippen LogP contribution is 2.23. The van der Waals surface area contributed by atoms with Crippen LogP contribution in [0.5, 0.6) is 5.75 Å². The van der Waals surface area contributed by atoms with Crippen molar-refractivity contribution in [3.8, 4) is 5.75 Å². The Morgan fingerprint density at radius 3 is 2.45 bits per heavy atom. The topological polar surface area (TPSA) is 72.6 Å². The molecule has 0 bridgehead atoms. The molecule has 0 aliphatic carbocycles. The van der Waals surface area contributed by atoms with E-state index in [1.807, 2.05) is 32.9 Å². The van der Waals surface area contributed by atoms with Gasteiger partial charge >= 0.3 is 5.97 Å². The number of carbonyl (C=O) groups is 1. The molecule has 106 valence electrons. The average molecular weight is 275 g/mol. The van der Waals surface area contributed by atoms with E-state index in [9.17, 15) is 4.79 Å². The molecule has 0 aliphatic rings. The van der Waals surface area contributed by atoms with Crippen LogP contribution in [-0.4, -0.2) is 16.1 Å². The van der Waals surface area contributed by atoms with Gasteiger partial charge in [0.2, 0.25) is 11.7 Å². The number of oxazole rings is 1. The maximum Gasteiger partial charge on any atom is 0.373 e. The molecule has 1 aromatic carbocycles. The molecule has 0 aliphatic heterocycles. The molecular formula is C15H17NO4. The molecule has 1 aromatic heterocycles. The van der Waals surface area contributed by atoms with Gasteiger partial charge in [-0.2, -0.15) is 0 Å². The first kappa shape index (κ1) is 14.1. The predicted molar refractivity (Wildman–Crippen MR) is 73.2 cm³/mol. The van der Waals surface area contributed by atoms with Crippen molar-refractivity contribution in [2.45, 2.75) is 34.3 Å². The zero-order valence-corrected chi connectivity index (χ0v) is 12.0. The van der Waals surface area contributed by atoms with Gasteiger partial charge in [-0.05, 0) is 50.5 Å². The van der Waals surface area contributed by atoms with Crippen LogP contribution >= 0.6 is 0 Å². The van der Waals surface area contributed by atoms with E-state index in [1.54, 1.807) is 6.92 Å². The van der Waals surface area contributed by atoms with Crippen molar-refractivity contribution in [1.82, 2.24) is 4.98 Å². The van der Waals surface area contributed by atoms with Gasteiger partial charge in [0, 0.05) is 0 Å². The molecule has 0 spiro atoms. The Kier molecular flexibility index (Phi) is 3.79. The fourth-order valence-corrected chi connectivity index (χ4v) is 1.94. The minimum Gasteiger partial charge on any atom is -0.484 e. The second-order valence-corrected chi connectivity index (χ2v) is 4.82. The largest absolute Gasteiger partial charge is 0.484 e. The first-order valence-electron chi connectivity index (χ1n) is 6.28. The van der Waals surface area contributed by atoms with Crippen LogP contribution < -0.4 is 4.74 Å². The van der Waals surface area contributed by atoms with Crippen molar-refractivity contribution in [2.75, 3.05) is 0 Å². The van der Waals surface area contributed by atoms with E-state index in [2.05, 4.69) is 4.98 Å². The quantitative estimate of drug-likeness (QED) is 0.927. The molecule has 0 atom stereocenters. The van der Waals surface area contributed by atoms with Crippen molar-refractivity contribution >= 4 is 5.97 Å². The van der Waals surface area contributed by atoms with Gasteiger partial charge in [0.1, 0.15) is 5.75 Å². The van der Waals surface area contributed by atoms with Crippen LogP contribution in [-0.2, 0) is 6.61 Å². The number of benzene rings is 1. The molecule has 0 saturated carbocycles. The van der Waals surface area contributed by atoms with Crippen LogP contribution in [0.15, 0.2) is 16.5 Å². The Morgan fingerprint density at radius 2 is 1.85 bits per heavy atom. The molecule has 1 heterocycles. The summed E-state index contributed by atoms with van der Waals surface area (Å²) < 4.78 is 10.8. The summed E-state index contributed by atoms with van der Waals surface area (Å²) in [6.07, 6.45) is 0. The normalized spacial score (nSPS) is 10.6. The number of hydrogen-bond acceptors (Lipinski definition) is 4. The minimum absolute atomic E-state index is 0.109. The highest BCUT2D eigenvalue weighted by Gasteiger charge is 2.16. The molecule has 5 heteroatoms. The van der Waals surface area contributed by atoms with E-state index < -0.39 is 5.97 Å². The Hall–Kier alpha value is -2.30. The van der Waals surface area contributed by atoms with Crippen LogP contribution in [0.25, 0.3) is 0 Å². The zero-order valence-electron chi connectivity index (χ0n) is 12.0. The fraction of sp³-hybridized carbons (Fsp3) is 0.333. The minimum atomic E-state index is -1.12. The van der Waals surface area contributed by atoms with Crippen LogP contribution in [0.3, 0.4) is 0 Å². The van der Waals surface area contributed by atoms with Crippen LogP contribution in [0.1, 0.15) is 38.8 Å². The van der Waals surface area contributed by atoms with E-state index in [0.717, 1.165) is 16.9 Å². The van der Waals surface area contributed by atoms with Gasteiger partial charge in [-0.3, -0.25) is 0 Å². The monoisotopic (exact) mass is 275 g/mol. The van der Waals surface area contributed by atoms with Crippen LogP contribution in [0, 0.1) is 27.7 Å². The molecule has 5 nitrogen and oxygen atoms in total. The summed E-state index contributed by atoms with van der Waals surface area (Å²) in [6, 6.07) is 4.01. The Bertz CT molecular complexity index is 658.